The first kappa shape index (κ1) is 13.5. The van der Waals surface area contributed by atoms with Crippen LogP contribution < -0.4 is 5.32 Å². The minimum Gasteiger partial charge on any atom is -0.311 e. The van der Waals surface area contributed by atoms with E-state index in [-0.39, 0.29) is 5.82 Å². The summed E-state index contributed by atoms with van der Waals surface area (Å²) >= 11 is 1.56. The van der Waals surface area contributed by atoms with E-state index >= 15 is 0 Å². The first-order valence-corrected chi connectivity index (χ1v) is 7.65. The Morgan fingerprint density at radius 1 is 1.35 bits per heavy atom. The van der Waals surface area contributed by atoms with Crippen LogP contribution in [0.2, 0.25) is 0 Å². The molecule has 3 nitrogen and oxygen atoms in total. The van der Waals surface area contributed by atoms with Crippen molar-refractivity contribution in [1.82, 2.24) is 15.3 Å². The fourth-order valence-electron chi connectivity index (χ4n) is 2.38. The lowest BCUT2D eigenvalue weighted by Gasteiger charge is -2.18. The third-order valence-corrected chi connectivity index (χ3v) is 4.34. The van der Waals surface area contributed by atoms with E-state index in [0.717, 1.165) is 41.6 Å². The van der Waals surface area contributed by atoms with Crippen molar-refractivity contribution < 1.29 is 4.39 Å². The third kappa shape index (κ3) is 2.99. The van der Waals surface area contributed by atoms with Gasteiger partial charge in [0.1, 0.15) is 11.6 Å². The van der Waals surface area contributed by atoms with Crippen LogP contribution in [0.25, 0.3) is 0 Å². The fourth-order valence-corrected chi connectivity index (χ4v) is 3.17. The number of nitrogens with one attached hydrogen (secondary N) is 1. The molecule has 0 radical (unpaired) electrons. The molecule has 0 atom stereocenters. The zero-order valence-electron chi connectivity index (χ0n) is 11.3. The van der Waals surface area contributed by atoms with Crippen molar-refractivity contribution in [3.8, 4) is 0 Å². The Hall–Kier alpha value is -1.46. The summed E-state index contributed by atoms with van der Waals surface area (Å²) in [5, 5.41) is 3.33. The van der Waals surface area contributed by atoms with Crippen LogP contribution in [0, 0.1) is 12.7 Å². The summed E-state index contributed by atoms with van der Waals surface area (Å²) in [7, 11) is 0. The van der Waals surface area contributed by atoms with Crippen molar-refractivity contribution in [2.45, 2.75) is 30.5 Å². The Labute approximate surface area is 122 Å². The van der Waals surface area contributed by atoms with Crippen LogP contribution in [0.3, 0.4) is 0 Å². The Bertz CT molecular complexity index is 631. The predicted molar refractivity (Wildman–Crippen MR) is 78.1 cm³/mol. The van der Waals surface area contributed by atoms with Crippen molar-refractivity contribution in [1.29, 1.82) is 0 Å². The summed E-state index contributed by atoms with van der Waals surface area (Å²) < 4.78 is 13.1. The van der Waals surface area contributed by atoms with Crippen LogP contribution in [0.5, 0.6) is 0 Å². The Kier molecular flexibility index (Phi) is 3.98. The van der Waals surface area contributed by atoms with Gasteiger partial charge in [-0.2, -0.15) is 0 Å². The van der Waals surface area contributed by atoms with Crippen molar-refractivity contribution in [2.24, 2.45) is 0 Å². The number of hydrogen-bond donors (Lipinski definition) is 1. The maximum absolute atomic E-state index is 13.1. The van der Waals surface area contributed by atoms with E-state index in [9.17, 15) is 4.39 Å². The first-order chi connectivity index (χ1) is 9.72. The lowest BCUT2D eigenvalue weighted by atomic mass is 10.1. The molecule has 3 rings (SSSR count). The number of halogens is 1. The van der Waals surface area contributed by atoms with Gasteiger partial charge in [0.25, 0.3) is 0 Å². The summed E-state index contributed by atoms with van der Waals surface area (Å²) in [6.45, 7) is 3.85. The Morgan fingerprint density at radius 2 is 2.25 bits per heavy atom. The summed E-state index contributed by atoms with van der Waals surface area (Å²) in [5.41, 5.74) is 3.47. The van der Waals surface area contributed by atoms with Crippen molar-refractivity contribution >= 4 is 11.8 Å². The molecular weight excluding hydrogens is 273 g/mol. The van der Waals surface area contributed by atoms with E-state index in [2.05, 4.69) is 15.3 Å². The molecule has 0 spiro atoms. The number of hydrogen-bond acceptors (Lipinski definition) is 4. The van der Waals surface area contributed by atoms with Gasteiger partial charge >= 0.3 is 0 Å². The molecule has 1 aliphatic rings. The number of benzene rings is 1. The van der Waals surface area contributed by atoms with Crippen LogP contribution in [-0.2, 0) is 18.7 Å². The molecule has 1 aromatic carbocycles. The number of nitrogens with zero attached hydrogens (tertiary/aromatic N) is 2. The molecule has 0 aliphatic carbocycles. The van der Waals surface area contributed by atoms with Gasteiger partial charge in [0.15, 0.2) is 0 Å². The van der Waals surface area contributed by atoms with Crippen LogP contribution in [0.1, 0.15) is 22.8 Å². The normalized spacial score (nSPS) is 14.1. The first-order valence-electron chi connectivity index (χ1n) is 6.67. The number of rotatable bonds is 3. The second-order valence-corrected chi connectivity index (χ2v) is 5.87. The van der Waals surface area contributed by atoms with Crippen molar-refractivity contribution in [3.05, 3.63) is 52.9 Å². The molecule has 0 saturated carbocycles. The number of thioether (sulfide) groups is 1. The summed E-state index contributed by atoms with van der Waals surface area (Å²) in [4.78, 5) is 10.1. The minimum absolute atomic E-state index is 0.207. The SMILES string of the molecule is Cc1nc(CSc2cccc(F)c2)nc2c1CCNC2. The topological polar surface area (TPSA) is 37.8 Å². The van der Waals surface area contributed by atoms with E-state index in [0.29, 0.717) is 5.75 Å². The summed E-state index contributed by atoms with van der Waals surface area (Å²) in [6.07, 6.45) is 0.998. The van der Waals surface area contributed by atoms with Crippen molar-refractivity contribution in [2.75, 3.05) is 6.54 Å². The highest BCUT2D eigenvalue weighted by Gasteiger charge is 2.15. The lowest BCUT2D eigenvalue weighted by Crippen LogP contribution is -2.26. The van der Waals surface area contributed by atoms with Gasteiger partial charge in [-0.25, -0.2) is 14.4 Å². The van der Waals surface area contributed by atoms with Gasteiger partial charge in [-0.05, 0) is 43.7 Å². The molecule has 2 heterocycles. The molecule has 0 amide bonds. The lowest BCUT2D eigenvalue weighted by molar-refractivity contribution is 0.614. The maximum atomic E-state index is 13.1. The smallest absolute Gasteiger partial charge is 0.139 e. The molecule has 5 heteroatoms. The maximum Gasteiger partial charge on any atom is 0.139 e. The van der Waals surface area contributed by atoms with E-state index in [1.807, 2.05) is 13.0 Å². The third-order valence-electron chi connectivity index (χ3n) is 3.35. The Balaban J connectivity index is 1.76. The van der Waals surface area contributed by atoms with Crippen molar-refractivity contribution in [3.63, 3.8) is 0 Å². The standard InChI is InChI=1S/C15H16FN3S/c1-10-13-5-6-17-8-14(13)19-15(18-10)9-20-12-4-2-3-11(16)7-12/h2-4,7,17H,5-6,8-9H2,1H3. The molecule has 20 heavy (non-hydrogen) atoms. The summed E-state index contributed by atoms with van der Waals surface area (Å²) in [5.74, 6) is 1.28. The number of aryl methyl sites for hydroxylation is 1. The zero-order valence-corrected chi connectivity index (χ0v) is 12.1. The zero-order chi connectivity index (χ0) is 13.9. The van der Waals surface area contributed by atoms with Crippen LogP contribution >= 0.6 is 11.8 Å². The van der Waals surface area contributed by atoms with Crippen LogP contribution in [0.4, 0.5) is 4.39 Å². The second-order valence-electron chi connectivity index (χ2n) is 4.82. The van der Waals surface area contributed by atoms with E-state index in [4.69, 9.17) is 0 Å². The monoisotopic (exact) mass is 289 g/mol. The average Bonchev–Trinajstić information content (AvgIpc) is 2.45. The predicted octanol–water partition coefficient (Wildman–Crippen LogP) is 2.86. The Morgan fingerprint density at radius 3 is 3.10 bits per heavy atom. The highest BCUT2D eigenvalue weighted by atomic mass is 32.2. The van der Waals surface area contributed by atoms with Gasteiger partial charge in [0.2, 0.25) is 0 Å². The summed E-state index contributed by atoms with van der Waals surface area (Å²) in [6, 6.07) is 6.62. The quantitative estimate of drug-likeness (QED) is 0.882. The highest BCUT2D eigenvalue weighted by Crippen LogP contribution is 2.23. The molecule has 1 aromatic heterocycles. The molecule has 104 valence electrons. The largest absolute Gasteiger partial charge is 0.311 e. The molecule has 0 bridgehead atoms. The molecule has 0 saturated heterocycles. The molecule has 2 aromatic rings. The number of fused-ring (bicyclic) bond motifs is 1. The molecular formula is C15H16FN3S. The highest BCUT2D eigenvalue weighted by molar-refractivity contribution is 7.98. The van der Waals surface area contributed by atoms with Gasteiger partial charge in [-0.1, -0.05) is 6.07 Å². The average molecular weight is 289 g/mol. The molecule has 1 N–H and O–H groups in total. The van der Waals surface area contributed by atoms with Crippen LogP contribution in [0.15, 0.2) is 29.2 Å². The van der Waals surface area contributed by atoms with Gasteiger partial charge in [-0.3, -0.25) is 0 Å². The van der Waals surface area contributed by atoms with E-state index in [1.54, 1.807) is 17.8 Å². The fraction of sp³-hybridized carbons (Fsp3) is 0.333. The molecule has 0 unspecified atom stereocenters. The number of aromatic nitrogens is 2. The van der Waals surface area contributed by atoms with Gasteiger partial charge in [0, 0.05) is 17.1 Å². The van der Waals surface area contributed by atoms with Gasteiger partial charge in [-0.15, -0.1) is 11.8 Å². The van der Waals surface area contributed by atoms with Crippen LogP contribution in [-0.4, -0.2) is 16.5 Å². The minimum atomic E-state index is -0.207. The molecule has 1 aliphatic heterocycles. The van der Waals surface area contributed by atoms with E-state index in [1.165, 1.54) is 17.7 Å². The van der Waals surface area contributed by atoms with E-state index < -0.39 is 0 Å². The second kappa shape index (κ2) is 5.89. The van der Waals surface area contributed by atoms with Gasteiger partial charge in [0.05, 0.1) is 11.4 Å². The molecule has 0 fully saturated rings. The van der Waals surface area contributed by atoms with Gasteiger partial charge < -0.3 is 5.32 Å².